The normalized spacial score (nSPS) is 17.7. The van der Waals surface area contributed by atoms with Crippen LogP contribution in [0, 0.1) is 0 Å². The molecule has 0 spiro atoms. The van der Waals surface area contributed by atoms with Gasteiger partial charge in [-0.25, -0.2) is 14.9 Å². The van der Waals surface area contributed by atoms with Crippen LogP contribution < -0.4 is 15.7 Å². The smallest absolute Gasteiger partial charge is 0.340 e. The van der Waals surface area contributed by atoms with Gasteiger partial charge in [0.2, 0.25) is 5.88 Å². The van der Waals surface area contributed by atoms with E-state index in [-0.39, 0.29) is 5.69 Å². The quantitative estimate of drug-likeness (QED) is 0.677. The highest BCUT2D eigenvalue weighted by atomic mass is 16.5. The second kappa shape index (κ2) is 5.85. The van der Waals surface area contributed by atoms with E-state index in [1.54, 1.807) is 0 Å². The number of aromatic nitrogens is 4. The van der Waals surface area contributed by atoms with Gasteiger partial charge in [-0.15, -0.1) is 0 Å². The molecular formula is C16H17N5O2. The number of benzene rings is 1. The number of hydrogen-bond acceptors (Lipinski definition) is 5. The molecule has 0 radical (unpaired) electrons. The summed E-state index contributed by atoms with van der Waals surface area (Å²) in [5.74, 6) is 0.972. The molecule has 0 unspecified atom stereocenters. The SMILES string of the molecule is O=c1[nH]nc(-c2cc3ccccc3c(OC[C@@H]3CCCN3)n2)[nH]1. The monoisotopic (exact) mass is 311 g/mol. The summed E-state index contributed by atoms with van der Waals surface area (Å²) in [4.78, 5) is 18.4. The first-order valence-corrected chi connectivity index (χ1v) is 7.70. The van der Waals surface area contributed by atoms with E-state index in [2.05, 4.69) is 25.5 Å². The van der Waals surface area contributed by atoms with Gasteiger partial charge in [0.05, 0.1) is 0 Å². The van der Waals surface area contributed by atoms with Crippen LogP contribution in [0.5, 0.6) is 5.88 Å². The first kappa shape index (κ1) is 14.0. The molecule has 0 amide bonds. The average Bonchev–Trinajstić information content (AvgIpc) is 3.24. The number of rotatable bonds is 4. The van der Waals surface area contributed by atoms with Crippen molar-refractivity contribution in [2.24, 2.45) is 0 Å². The van der Waals surface area contributed by atoms with Gasteiger partial charge in [-0.05, 0) is 36.9 Å². The van der Waals surface area contributed by atoms with Crippen LogP contribution >= 0.6 is 0 Å². The van der Waals surface area contributed by atoms with Gasteiger partial charge in [-0.2, -0.15) is 5.10 Å². The summed E-state index contributed by atoms with van der Waals surface area (Å²) in [6.07, 6.45) is 2.29. The number of nitrogens with zero attached hydrogens (tertiary/aromatic N) is 2. The van der Waals surface area contributed by atoms with Crippen LogP contribution in [0.3, 0.4) is 0 Å². The Morgan fingerprint density at radius 3 is 3.00 bits per heavy atom. The molecule has 1 aromatic carbocycles. The van der Waals surface area contributed by atoms with E-state index < -0.39 is 0 Å². The van der Waals surface area contributed by atoms with Gasteiger partial charge in [0.25, 0.3) is 0 Å². The van der Waals surface area contributed by atoms with E-state index >= 15 is 0 Å². The van der Waals surface area contributed by atoms with Crippen LogP contribution in [0.4, 0.5) is 0 Å². The molecule has 3 N–H and O–H groups in total. The Balaban J connectivity index is 1.72. The molecule has 0 bridgehead atoms. The summed E-state index contributed by atoms with van der Waals surface area (Å²) in [7, 11) is 0. The maximum absolute atomic E-state index is 11.3. The predicted molar refractivity (Wildman–Crippen MR) is 86.5 cm³/mol. The Morgan fingerprint density at radius 1 is 1.30 bits per heavy atom. The third kappa shape index (κ3) is 2.83. The molecule has 7 nitrogen and oxygen atoms in total. The van der Waals surface area contributed by atoms with Crippen LogP contribution in [0.25, 0.3) is 22.3 Å². The lowest BCUT2D eigenvalue weighted by atomic mass is 10.1. The van der Waals surface area contributed by atoms with Crippen LogP contribution in [0.15, 0.2) is 35.1 Å². The van der Waals surface area contributed by atoms with Crippen LogP contribution in [-0.4, -0.2) is 39.4 Å². The minimum absolute atomic E-state index is 0.354. The Labute approximate surface area is 132 Å². The van der Waals surface area contributed by atoms with Crippen molar-refractivity contribution in [3.8, 4) is 17.4 Å². The molecule has 3 aromatic rings. The molecule has 3 heterocycles. The molecule has 1 aliphatic heterocycles. The maximum Gasteiger partial charge on any atom is 0.340 e. The molecule has 0 saturated carbocycles. The minimum Gasteiger partial charge on any atom is -0.476 e. The van der Waals surface area contributed by atoms with Gasteiger partial charge in [-0.3, -0.25) is 4.98 Å². The number of aromatic amines is 2. The first-order chi connectivity index (χ1) is 11.3. The molecule has 1 fully saturated rings. The third-order valence-electron chi connectivity index (χ3n) is 4.03. The van der Waals surface area contributed by atoms with Gasteiger partial charge in [0.15, 0.2) is 5.82 Å². The number of ether oxygens (including phenoxy) is 1. The van der Waals surface area contributed by atoms with Crippen molar-refractivity contribution in [2.75, 3.05) is 13.2 Å². The van der Waals surface area contributed by atoms with E-state index in [4.69, 9.17) is 4.74 Å². The van der Waals surface area contributed by atoms with Gasteiger partial charge in [-0.1, -0.05) is 18.2 Å². The molecule has 0 aliphatic carbocycles. The van der Waals surface area contributed by atoms with E-state index in [0.29, 0.717) is 30.0 Å². The van der Waals surface area contributed by atoms with Gasteiger partial charge < -0.3 is 10.1 Å². The Morgan fingerprint density at radius 2 is 2.22 bits per heavy atom. The van der Waals surface area contributed by atoms with E-state index in [9.17, 15) is 4.79 Å². The third-order valence-corrected chi connectivity index (χ3v) is 4.03. The Bertz CT molecular complexity index is 879. The van der Waals surface area contributed by atoms with Gasteiger partial charge in [0.1, 0.15) is 12.3 Å². The molecule has 118 valence electrons. The van der Waals surface area contributed by atoms with Crippen molar-refractivity contribution in [1.29, 1.82) is 0 Å². The van der Waals surface area contributed by atoms with Crippen molar-refractivity contribution >= 4 is 10.8 Å². The zero-order valence-corrected chi connectivity index (χ0v) is 12.5. The van der Waals surface area contributed by atoms with Crippen molar-refractivity contribution in [2.45, 2.75) is 18.9 Å². The second-order valence-corrected chi connectivity index (χ2v) is 5.66. The fraction of sp³-hybridized carbons (Fsp3) is 0.312. The topological polar surface area (TPSA) is 95.7 Å². The van der Waals surface area contributed by atoms with Crippen molar-refractivity contribution < 1.29 is 4.74 Å². The lowest BCUT2D eigenvalue weighted by Gasteiger charge is -2.13. The molecule has 1 atom stereocenters. The highest BCUT2D eigenvalue weighted by Gasteiger charge is 2.16. The highest BCUT2D eigenvalue weighted by molar-refractivity contribution is 5.89. The standard InChI is InChI=1S/C16H17N5O2/c22-16-19-14(20-21-16)13-8-10-4-1-2-6-12(10)15(18-13)23-9-11-5-3-7-17-11/h1-2,4,6,8,11,17H,3,5,7,9H2,(H2,19,20,21,22)/t11-/m0/s1. The fourth-order valence-corrected chi connectivity index (χ4v) is 2.87. The van der Waals surface area contributed by atoms with E-state index in [1.807, 2.05) is 30.3 Å². The molecular weight excluding hydrogens is 294 g/mol. The zero-order valence-electron chi connectivity index (χ0n) is 12.5. The Hall–Kier alpha value is -2.67. The summed E-state index contributed by atoms with van der Waals surface area (Å²) in [5.41, 5.74) is 0.226. The van der Waals surface area contributed by atoms with Gasteiger partial charge in [0, 0.05) is 11.4 Å². The van der Waals surface area contributed by atoms with Crippen molar-refractivity contribution in [3.05, 3.63) is 40.8 Å². The molecule has 7 heteroatoms. The van der Waals surface area contributed by atoms with Crippen LogP contribution in [0.2, 0.25) is 0 Å². The lowest BCUT2D eigenvalue weighted by Crippen LogP contribution is -2.28. The number of pyridine rings is 1. The number of nitrogens with one attached hydrogen (secondary N) is 3. The van der Waals surface area contributed by atoms with Crippen molar-refractivity contribution in [1.82, 2.24) is 25.5 Å². The molecule has 23 heavy (non-hydrogen) atoms. The number of H-pyrrole nitrogens is 2. The summed E-state index contributed by atoms with van der Waals surface area (Å²) < 4.78 is 5.97. The summed E-state index contributed by atoms with van der Waals surface area (Å²) >= 11 is 0. The highest BCUT2D eigenvalue weighted by Crippen LogP contribution is 2.27. The molecule has 1 aliphatic rings. The maximum atomic E-state index is 11.3. The average molecular weight is 311 g/mol. The fourth-order valence-electron chi connectivity index (χ4n) is 2.87. The second-order valence-electron chi connectivity index (χ2n) is 5.66. The van der Waals surface area contributed by atoms with Gasteiger partial charge >= 0.3 is 5.69 Å². The summed E-state index contributed by atoms with van der Waals surface area (Å²) in [6, 6.07) is 10.2. The molecule has 4 rings (SSSR count). The Kier molecular flexibility index (Phi) is 3.55. The molecule has 1 saturated heterocycles. The largest absolute Gasteiger partial charge is 0.476 e. The number of hydrogen-bond donors (Lipinski definition) is 3. The molecule has 2 aromatic heterocycles. The summed E-state index contributed by atoms with van der Waals surface area (Å²) in [6.45, 7) is 1.62. The predicted octanol–water partition coefficient (Wildman–Crippen LogP) is 1.44. The number of fused-ring (bicyclic) bond motifs is 1. The minimum atomic E-state index is -0.354. The van der Waals surface area contributed by atoms with Crippen molar-refractivity contribution in [3.63, 3.8) is 0 Å². The first-order valence-electron chi connectivity index (χ1n) is 7.70. The van der Waals surface area contributed by atoms with Crippen LogP contribution in [0.1, 0.15) is 12.8 Å². The lowest BCUT2D eigenvalue weighted by molar-refractivity contribution is 0.271. The zero-order chi connectivity index (χ0) is 15.6. The van der Waals surface area contributed by atoms with Crippen LogP contribution in [-0.2, 0) is 0 Å². The summed E-state index contributed by atoms with van der Waals surface area (Å²) in [5, 5.41) is 11.7. The van der Waals surface area contributed by atoms with E-state index in [0.717, 1.165) is 23.7 Å². The van der Waals surface area contributed by atoms with E-state index in [1.165, 1.54) is 6.42 Å².